The highest BCUT2D eigenvalue weighted by molar-refractivity contribution is 8.00. The summed E-state index contributed by atoms with van der Waals surface area (Å²) >= 11 is 2.02. The van der Waals surface area contributed by atoms with Crippen molar-refractivity contribution in [1.82, 2.24) is 4.98 Å². The summed E-state index contributed by atoms with van der Waals surface area (Å²) in [4.78, 5) is 4.17. The van der Waals surface area contributed by atoms with E-state index in [9.17, 15) is 0 Å². The molecule has 4 heteroatoms. The van der Waals surface area contributed by atoms with Gasteiger partial charge in [0, 0.05) is 17.4 Å². The molecule has 2 heterocycles. The van der Waals surface area contributed by atoms with Crippen molar-refractivity contribution < 1.29 is 4.74 Å². The van der Waals surface area contributed by atoms with Crippen LogP contribution >= 0.6 is 11.8 Å². The number of anilines is 1. The van der Waals surface area contributed by atoms with Crippen molar-refractivity contribution in [1.29, 1.82) is 0 Å². The number of nitrogens with one attached hydrogen (secondary N) is 1. The van der Waals surface area contributed by atoms with Gasteiger partial charge < -0.3 is 10.1 Å². The van der Waals surface area contributed by atoms with Gasteiger partial charge in [-0.1, -0.05) is 6.92 Å². The summed E-state index contributed by atoms with van der Waals surface area (Å²) < 4.78 is 5.02. The zero-order valence-electron chi connectivity index (χ0n) is 9.06. The van der Waals surface area contributed by atoms with Gasteiger partial charge in [-0.15, -0.1) is 0 Å². The molecule has 82 valence electrons. The second kappa shape index (κ2) is 4.75. The lowest BCUT2D eigenvalue weighted by Gasteiger charge is -2.17. The van der Waals surface area contributed by atoms with Gasteiger partial charge in [-0.25, -0.2) is 4.98 Å². The Morgan fingerprint density at radius 2 is 2.40 bits per heavy atom. The number of pyridine rings is 1. The maximum absolute atomic E-state index is 5.02. The number of aromatic nitrogens is 1. The summed E-state index contributed by atoms with van der Waals surface area (Å²) in [7, 11) is 1.63. The fourth-order valence-electron chi connectivity index (χ4n) is 1.72. The van der Waals surface area contributed by atoms with E-state index in [2.05, 4.69) is 17.2 Å². The van der Waals surface area contributed by atoms with Gasteiger partial charge in [0.15, 0.2) is 0 Å². The topological polar surface area (TPSA) is 34.1 Å². The van der Waals surface area contributed by atoms with Crippen molar-refractivity contribution in [2.24, 2.45) is 0 Å². The van der Waals surface area contributed by atoms with Crippen LogP contribution in [0.4, 0.5) is 5.69 Å². The second-order valence-corrected chi connectivity index (χ2v) is 5.19. The summed E-state index contributed by atoms with van der Waals surface area (Å²) in [5, 5.41) is 4.19. The monoisotopic (exact) mass is 224 g/mol. The highest BCUT2D eigenvalue weighted by atomic mass is 32.2. The molecule has 2 atom stereocenters. The third kappa shape index (κ3) is 2.56. The summed E-state index contributed by atoms with van der Waals surface area (Å²) in [5.74, 6) is 1.91. The van der Waals surface area contributed by atoms with Crippen LogP contribution < -0.4 is 10.1 Å². The zero-order valence-corrected chi connectivity index (χ0v) is 9.88. The molecule has 0 aliphatic carbocycles. The van der Waals surface area contributed by atoms with E-state index < -0.39 is 0 Å². The number of hydrogen-bond acceptors (Lipinski definition) is 4. The molecule has 1 aromatic rings. The smallest absolute Gasteiger partial charge is 0.213 e. The molecule has 1 aliphatic heterocycles. The van der Waals surface area contributed by atoms with E-state index >= 15 is 0 Å². The SMILES string of the molecule is COc1ccc(NC2CCSC2C)cn1. The number of nitrogens with zero attached hydrogens (tertiary/aromatic N) is 1. The lowest BCUT2D eigenvalue weighted by molar-refractivity contribution is 0.398. The number of thioether (sulfide) groups is 1. The van der Waals surface area contributed by atoms with Crippen LogP contribution in [0.3, 0.4) is 0 Å². The van der Waals surface area contributed by atoms with Crippen LogP contribution in [0.5, 0.6) is 5.88 Å². The molecular formula is C11H16N2OS. The Morgan fingerprint density at radius 1 is 1.53 bits per heavy atom. The first-order valence-electron chi connectivity index (χ1n) is 5.18. The molecule has 1 aliphatic rings. The van der Waals surface area contributed by atoms with Gasteiger partial charge in [0.2, 0.25) is 5.88 Å². The molecular weight excluding hydrogens is 208 g/mol. The fraction of sp³-hybridized carbons (Fsp3) is 0.545. The van der Waals surface area contributed by atoms with E-state index in [4.69, 9.17) is 4.74 Å². The maximum Gasteiger partial charge on any atom is 0.213 e. The maximum atomic E-state index is 5.02. The zero-order chi connectivity index (χ0) is 10.7. The second-order valence-electron chi connectivity index (χ2n) is 3.70. The average Bonchev–Trinajstić information content (AvgIpc) is 2.66. The predicted octanol–water partition coefficient (Wildman–Crippen LogP) is 2.40. The van der Waals surface area contributed by atoms with Crippen molar-refractivity contribution in [3.05, 3.63) is 18.3 Å². The minimum absolute atomic E-state index is 0.574. The molecule has 15 heavy (non-hydrogen) atoms. The van der Waals surface area contributed by atoms with Gasteiger partial charge in [0.1, 0.15) is 0 Å². The minimum atomic E-state index is 0.574. The molecule has 0 radical (unpaired) electrons. The van der Waals surface area contributed by atoms with Crippen molar-refractivity contribution in [3.63, 3.8) is 0 Å². The van der Waals surface area contributed by atoms with Gasteiger partial charge >= 0.3 is 0 Å². The Kier molecular flexibility index (Phi) is 3.36. The van der Waals surface area contributed by atoms with E-state index in [1.54, 1.807) is 7.11 Å². The molecule has 2 rings (SSSR count). The highest BCUT2D eigenvalue weighted by Gasteiger charge is 2.23. The largest absolute Gasteiger partial charge is 0.481 e. The quantitative estimate of drug-likeness (QED) is 0.855. The van der Waals surface area contributed by atoms with Crippen molar-refractivity contribution in [2.75, 3.05) is 18.2 Å². The highest BCUT2D eigenvalue weighted by Crippen LogP contribution is 2.28. The average molecular weight is 224 g/mol. The molecule has 3 nitrogen and oxygen atoms in total. The van der Waals surface area contributed by atoms with Crippen LogP contribution in [0, 0.1) is 0 Å². The van der Waals surface area contributed by atoms with Gasteiger partial charge in [0.05, 0.1) is 19.0 Å². The van der Waals surface area contributed by atoms with Gasteiger partial charge in [-0.05, 0) is 18.2 Å². The van der Waals surface area contributed by atoms with E-state index in [1.807, 2.05) is 30.1 Å². The number of ether oxygens (including phenoxy) is 1. The van der Waals surface area contributed by atoms with Gasteiger partial charge in [0.25, 0.3) is 0 Å². The molecule has 0 amide bonds. The summed E-state index contributed by atoms with van der Waals surface area (Å²) in [6, 6.07) is 4.47. The van der Waals surface area contributed by atoms with Crippen LogP contribution in [0.25, 0.3) is 0 Å². The van der Waals surface area contributed by atoms with E-state index in [-0.39, 0.29) is 0 Å². The van der Waals surface area contributed by atoms with Crippen molar-refractivity contribution in [2.45, 2.75) is 24.6 Å². The predicted molar refractivity (Wildman–Crippen MR) is 64.7 cm³/mol. The van der Waals surface area contributed by atoms with Crippen molar-refractivity contribution in [3.8, 4) is 5.88 Å². The third-order valence-electron chi connectivity index (χ3n) is 2.67. The van der Waals surface area contributed by atoms with Gasteiger partial charge in [-0.2, -0.15) is 11.8 Å². The lowest BCUT2D eigenvalue weighted by atomic mass is 10.1. The molecule has 1 N–H and O–H groups in total. The Labute approximate surface area is 94.6 Å². The van der Waals surface area contributed by atoms with Crippen LogP contribution in [-0.4, -0.2) is 29.1 Å². The first-order valence-corrected chi connectivity index (χ1v) is 6.22. The van der Waals surface area contributed by atoms with E-state index in [0.717, 1.165) is 5.69 Å². The standard InChI is InChI=1S/C11H16N2OS/c1-8-10(5-6-15-8)13-9-3-4-11(14-2)12-7-9/h3-4,7-8,10,13H,5-6H2,1-2H3. The van der Waals surface area contributed by atoms with E-state index in [0.29, 0.717) is 17.2 Å². The number of methoxy groups -OCH3 is 1. The molecule has 1 saturated heterocycles. The molecule has 1 aromatic heterocycles. The van der Waals surface area contributed by atoms with Crippen molar-refractivity contribution >= 4 is 17.4 Å². The molecule has 0 bridgehead atoms. The first-order chi connectivity index (χ1) is 7.29. The van der Waals surface area contributed by atoms with Crippen LogP contribution in [0.2, 0.25) is 0 Å². The Bertz CT molecular complexity index is 315. The Balaban J connectivity index is 1.98. The summed E-state index contributed by atoms with van der Waals surface area (Å²) in [5.41, 5.74) is 1.08. The molecule has 0 saturated carbocycles. The van der Waals surface area contributed by atoms with Crippen LogP contribution in [0.15, 0.2) is 18.3 Å². The lowest BCUT2D eigenvalue weighted by Crippen LogP contribution is -2.24. The fourth-order valence-corrected chi connectivity index (χ4v) is 2.92. The Hall–Kier alpha value is -0.900. The Morgan fingerprint density at radius 3 is 2.93 bits per heavy atom. The van der Waals surface area contributed by atoms with E-state index in [1.165, 1.54) is 12.2 Å². The first kappa shape index (κ1) is 10.6. The molecule has 2 unspecified atom stereocenters. The number of hydrogen-bond donors (Lipinski definition) is 1. The molecule has 0 aromatic carbocycles. The number of rotatable bonds is 3. The molecule has 0 spiro atoms. The normalized spacial score (nSPS) is 25.2. The minimum Gasteiger partial charge on any atom is -0.481 e. The summed E-state index contributed by atoms with van der Waals surface area (Å²) in [6.07, 6.45) is 3.06. The van der Waals surface area contributed by atoms with Crippen LogP contribution in [0.1, 0.15) is 13.3 Å². The summed E-state index contributed by atoms with van der Waals surface area (Å²) in [6.45, 7) is 2.27. The molecule has 1 fully saturated rings. The third-order valence-corrected chi connectivity index (χ3v) is 4.00. The van der Waals surface area contributed by atoms with Gasteiger partial charge in [-0.3, -0.25) is 0 Å². The van der Waals surface area contributed by atoms with Crippen LogP contribution in [-0.2, 0) is 0 Å².